The first kappa shape index (κ1) is 9.71. The van der Waals surface area contributed by atoms with E-state index in [2.05, 4.69) is 20.2 Å². The summed E-state index contributed by atoms with van der Waals surface area (Å²) in [6, 6.07) is 5.49. The Labute approximate surface area is 96.0 Å². The van der Waals surface area contributed by atoms with Gasteiger partial charge >= 0.3 is 5.69 Å². The number of nitrogens with one attached hydrogen (secondary N) is 1. The standard InChI is InChI=1S/C11H9N5O/c1-7-13-9(8-2-4-12-5-3-8)6-10-14-15-11(17)16(7)10/h2-6H,1H3,(H,15,17). The molecule has 3 rings (SSSR count). The Balaban J connectivity index is 2.30. The Morgan fingerprint density at radius 3 is 2.82 bits per heavy atom. The molecule has 0 saturated carbocycles. The van der Waals surface area contributed by atoms with E-state index in [-0.39, 0.29) is 5.69 Å². The van der Waals surface area contributed by atoms with Crippen molar-refractivity contribution in [1.29, 1.82) is 0 Å². The lowest BCUT2D eigenvalue weighted by molar-refractivity contribution is 0.938. The highest BCUT2D eigenvalue weighted by Crippen LogP contribution is 2.16. The van der Waals surface area contributed by atoms with Gasteiger partial charge in [-0.3, -0.25) is 4.98 Å². The molecule has 0 aliphatic heterocycles. The SMILES string of the molecule is Cc1nc(-c2ccncc2)cc2n[nH]c(=O)n12. The van der Waals surface area contributed by atoms with Crippen molar-refractivity contribution in [3.05, 3.63) is 46.9 Å². The third-order valence-corrected chi connectivity index (χ3v) is 2.55. The predicted molar refractivity (Wildman–Crippen MR) is 61.6 cm³/mol. The summed E-state index contributed by atoms with van der Waals surface area (Å²) >= 11 is 0. The summed E-state index contributed by atoms with van der Waals surface area (Å²) in [5.41, 5.74) is 2.01. The number of rotatable bonds is 1. The fourth-order valence-electron chi connectivity index (χ4n) is 1.77. The van der Waals surface area contributed by atoms with Crippen LogP contribution in [-0.4, -0.2) is 24.6 Å². The molecule has 84 valence electrons. The van der Waals surface area contributed by atoms with Crippen LogP contribution in [0, 0.1) is 6.92 Å². The van der Waals surface area contributed by atoms with Gasteiger partial charge in [-0.2, -0.15) is 5.10 Å². The van der Waals surface area contributed by atoms with Gasteiger partial charge in [-0.05, 0) is 19.1 Å². The maximum atomic E-state index is 11.4. The lowest BCUT2D eigenvalue weighted by atomic mass is 10.2. The Morgan fingerprint density at radius 1 is 1.29 bits per heavy atom. The Morgan fingerprint density at radius 2 is 2.06 bits per heavy atom. The number of hydrogen-bond acceptors (Lipinski definition) is 4. The van der Waals surface area contributed by atoms with Crippen LogP contribution in [0.25, 0.3) is 16.9 Å². The molecule has 0 aromatic carbocycles. The van der Waals surface area contributed by atoms with Gasteiger partial charge in [-0.15, -0.1) is 0 Å². The van der Waals surface area contributed by atoms with Crippen LogP contribution in [0.15, 0.2) is 35.4 Å². The fourth-order valence-corrected chi connectivity index (χ4v) is 1.77. The molecule has 0 aliphatic rings. The summed E-state index contributed by atoms with van der Waals surface area (Å²) in [7, 11) is 0. The molecule has 0 spiro atoms. The largest absolute Gasteiger partial charge is 0.349 e. The number of pyridine rings is 1. The van der Waals surface area contributed by atoms with Crippen LogP contribution in [0.4, 0.5) is 0 Å². The summed E-state index contributed by atoms with van der Waals surface area (Å²) in [6.45, 7) is 1.77. The number of aromatic nitrogens is 5. The number of hydrogen-bond donors (Lipinski definition) is 1. The number of aromatic amines is 1. The van der Waals surface area contributed by atoms with Crippen molar-refractivity contribution < 1.29 is 0 Å². The maximum Gasteiger partial charge on any atom is 0.349 e. The lowest BCUT2D eigenvalue weighted by Crippen LogP contribution is -2.13. The smallest absolute Gasteiger partial charge is 0.265 e. The molecular formula is C11H9N5O. The zero-order valence-electron chi connectivity index (χ0n) is 9.08. The second kappa shape index (κ2) is 3.51. The minimum Gasteiger partial charge on any atom is -0.265 e. The molecule has 3 heterocycles. The Kier molecular flexibility index (Phi) is 2.01. The molecule has 0 aliphatic carbocycles. The van der Waals surface area contributed by atoms with Gasteiger partial charge in [0.05, 0.1) is 5.69 Å². The van der Waals surface area contributed by atoms with Crippen LogP contribution < -0.4 is 5.69 Å². The maximum absolute atomic E-state index is 11.4. The third kappa shape index (κ3) is 1.50. The Hall–Kier alpha value is -2.50. The van der Waals surface area contributed by atoms with Crippen LogP contribution in [0.2, 0.25) is 0 Å². The minimum atomic E-state index is -0.272. The van der Waals surface area contributed by atoms with E-state index in [0.717, 1.165) is 11.3 Å². The molecule has 17 heavy (non-hydrogen) atoms. The van der Waals surface area contributed by atoms with Crippen molar-refractivity contribution in [2.24, 2.45) is 0 Å². The molecule has 0 atom stereocenters. The fraction of sp³-hybridized carbons (Fsp3) is 0.0909. The predicted octanol–water partition coefficient (Wildman–Crippen LogP) is 0.788. The summed E-state index contributed by atoms with van der Waals surface area (Å²) in [5, 5.41) is 6.34. The average molecular weight is 227 g/mol. The van der Waals surface area contributed by atoms with Crippen molar-refractivity contribution in [1.82, 2.24) is 24.6 Å². The van der Waals surface area contributed by atoms with E-state index in [1.54, 1.807) is 25.4 Å². The van der Waals surface area contributed by atoms with Crippen molar-refractivity contribution >= 4 is 5.65 Å². The first-order chi connectivity index (χ1) is 8.25. The monoisotopic (exact) mass is 227 g/mol. The van der Waals surface area contributed by atoms with E-state index in [1.165, 1.54) is 4.40 Å². The molecule has 0 radical (unpaired) electrons. The number of H-pyrrole nitrogens is 1. The van der Waals surface area contributed by atoms with Gasteiger partial charge in [-0.25, -0.2) is 19.3 Å². The highest BCUT2D eigenvalue weighted by atomic mass is 16.1. The second-order valence-corrected chi connectivity index (χ2v) is 3.65. The van der Waals surface area contributed by atoms with Gasteiger partial charge in [0.15, 0.2) is 5.65 Å². The van der Waals surface area contributed by atoms with E-state index >= 15 is 0 Å². The summed E-state index contributed by atoms with van der Waals surface area (Å²) < 4.78 is 1.44. The van der Waals surface area contributed by atoms with Gasteiger partial charge in [0, 0.05) is 24.0 Å². The third-order valence-electron chi connectivity index (χ3n) is 2.55. The normalized spacial score (nSPS) is 10.9. The topological polar surface area (TPSA) is 75.9 Å². The first-order valence-electron chi connectivity index (χ1n) is 5.11. The van der Waals surface area contributed by atoms with E-state index in [0.29, 0.717) is 11.5 Å². The summed E-state index contributed by atoms with van der Waals surface area (Å²) in [4.78, 5) is 19.8. The molecule has 3 aromatic heterocycles. The zero-order valence-corrected chi connectivity index (χ0v) is 9.08. The first-order valence-corrected chi connectivity index (χ1v) is 5.11. The highest BCUT2D eigenvalue weighted by Gasteiger charge is 2.07. The number of fused-ring (bicyclic) bond motifs is 1. The van der Waals surface area contributed by atoms with Crippen LogP contribution in [-0.2, 0) is 0 Å². The van der Waals surface area contributed by atoms with E-state index < -0.39 is 0 Å². The summed E-state index contributed by atoms with van der Waals surface area (Å²) in [5.74, 6) is 0.605. The molecule has 0 amide bonds. The highest BCUT2D eigenvalue weighted by molar-refractivity contribution is 5.62. The zero-order chi connectivity index (χ0) is 11.8. The molecule has 1 N–H and O–H groups in total. The molecule has 3 aromatic rings. The van der Waals surface area contributed by atoms with Crippen LogP contribution >= 0.6 is 0 Å². The van der Waals surface area contributed by atoms with E-state index in [1.807, 2.05) is 12.1 Å². The van der Waals surface area contributed by atoms with Gasteiger partial charge in [0.25, 0.3) is 0 Å². The number of aryl methyl sites for hydroxylation is 1. The van der Waals surface area contributed by atoms with Crippen molar-refractivity contribution in [2.75, 3.05) is 0 Å². The molecular weight excluding hydrogens is 218 g/mol. The quantitative estimate of drug-likeness (QED) is 0.666. The lowest BCUT2D eigenvalue weighted by Gasteiger charge is -2.03. The van der Waals surface area contributed by atoms with E-state index in [9.17, 15) is 4.79 Å². The molecule has 0 fully saturated rings. The second-order valence-electron chi connectivity index (χ2n) is 3.65. The van der Waals surface area contributed by atoms with Crippen LogP contribution in [0.5, 0.6) is 0 Å². The van der Waals surface area contributed by atoms with Crippen LogP contribution in [0.1, 0.15) is 5.82 Å². The van der Waals surface area contributed by atoms with Crippen LogP contribution in [0.3, 0.4) is 0 Å². The number of nitrogens with zero attached hydrogens (tertiary/aromatic N) is 4. The van der Waals surface area contributed by atoms with Crippen molar-refractivity contribution in [3.63, 3.8) is 0 Å². The average Bonchev–Trinajstić information content (AvgIpc) is 2.73. The minimum absolute atomic E-state index is 0.272. The molecule has 0 unspecified atom stereocenters. The van der Waals surface area contributed by atoms with Gasteiger partial charge in [0.1, 0.15) is 5.82 Å². The summed E-state index contributed by atoms with van der Waals surface area (Å²) in [6.07, 6.45) is 3.40. The van der Waals surface area contributed by atoms with Gasteiger partial charge in [-0.1, -0.05) is 0 Å². The molecule has 0 saturated heterocycles. The Bertz CT molecular complexity index is 728. The van der Waals surface area contributed by atoms with Gasteiger partial charge in [0.2, 0.25) is 0 Å². The van der Waals surface area contributed by atoms with E-state index in [4.69, 9.17) is 0 Å². The van der Waals surface area contributed by atoms with Crippen molar-refractivity contribution in [2.45, 2.75) is 6.92 Å². The van der Waals surface area contributed by atoms with Gasteiger partial charge < -0.3 is 0 Å². The van der Waals surface area contributed by atoms with Crippen molar-refractivity contribution in [3.8, 4) is 11.3 Å². The molecule has 6 heteroatoms. The molecule has 0 bridgehead atoms. The molecule has 6 nitrogen and oxygen atoms in total.